The highest BCUT2D eigenvalue weighted by Crippen LogP contribution is 2.45. The minimum absolute atomic E-state index is 0.193. The van der Waals surface area contributed by atoms with Crippen molar-refractivity contribution in [3.63, 3.8) is 0 Å². The lowest BCUT2D eigenvalue weighted by atomic mass is 10.1. The molecule has 3 rings (SSSR count). The maximum Gasteiger partial charge on any atom is 0.329 e. The molecule has 162 valence electrons. The maximum absolute atomic E-state index is 12.8. The molecule has 0 fully saturated rings. The number of para-hydroxylation sites is 1. The van der Waals surface area contributed by atoms with Crippen LogP contribution >= 0.6 is 58.0 Å². The van der Waals surface area contributed by atoms with Crippen LogP contribution in [0.2, 0.25) is 25.1 Å². The molecule has 0 bridgehead atoms. The number of anilines is 1. The van der Waals surface area contributed by atoms with E-state index in [9.17, 15) is 19.2 Å². The number of fused-ring (bicyclic) bond motifs is 1. The van der Waals surface area contributed by atoms with Crippen molar-refractivity contribution in [2.75, 3.05) is 11.9 Å². The van der Waals surface area contributed by atoms with E-state index in [4.69, 9.17) is 62.7 Å². The molecule has 0 saturated heterocycles. The van der Waals surface area contributed by atoms with Gasteiger partial charge in [0, 0.05) is 0 Å². The normalized spacial score (nSPS) is 13.8. The number of benzene rings is 2. The van der Waals surface area contributed by atoms with Crippen molar-refractivity contribution in [1.29, 1.82) is 0 Å². The van der Waals surface area contributed by atoms with Crippen molar-refractivity contribution in [1.82, 2.24) is 4.90 Å². The first-order valence-corrected chi connectivity index (χ1v) is 10.4. The Balaban J connectivity index is 1.73. The van der Waals surface area contributed by atoms with E-state index in [1.807, 2.05) is 0 Å². The first-order valence-electron chi connectivity index (χ1n) is 8.51. The third-order valence-corrected chi connectivity index (χ3v) is 6.49. The molecule has 0 unspecified atom stereocenters. The van der Waals surface area contributed by atoms with Gasteiger partial charge in [0.15, 0.2) is 6.61 Å². The summed E-state index contributed by atoms with van der Waals surface area (Å²) < 4.78 is 4.94. The molecular weight excluding hydrogens is 513 g/mol. The zero-order chi connectivity index (χ0) is 23.0. The van der Waals surface area contributed by atoms with Crippen LogP contribution in [0.4, 0.5) is 5.69 Å². The molecule has 1 atom stereocenters. The summed E-state index contributed by atoms with van der Waals surface area (Å²) in [4.78, 5) is 50.6. The zero-order valence-electron chi connectivity index (χ0n) is 15.5. The van der Waals surface area contributed by atoms with Gasteiger partial charge in [-0.15, -0.1) is 0 Å². The van der Waals surface area contributed by atoms with E-state index in [-0.39, 0.29) is 31.2 Å². The second kappa shape index (κ2) is 9.22. The molecule has 1 aliphatic heterocycles. The Bertz CT molecular complexity index is 1090. The fourth-order valence-electron chi connectivity index (χ4n) is 2.83. The van der Waals surface area contributed by atoms with E-state index >= 15 is 0 Å². The third kappa shape index (κ3) is 4.33. The van der Waals surface area contributed by atoms with Gasteiger partial charge >= 0.3 is 5.97 Å². The van der Waals surface area contributed by atoms with E-state index in [0.717, 1.165) is 0 Å². The fourth-order valence-corrected chi connectivity index (χ4v) is 4.03. The van der Waals surface area contributed by atoms with E-state index in [1.54, 1.807) is 24.3 Å². The Morgan fingerprint density at radius 2 is 1.45 bits per heavy atom. The van der Waals surface area contributed by atoms with Crippen LogP contribution in [0.5, 0.6) is 0 Å². The van der Waals surface area contributed by atoms with Crippen LogP contribution in [-0.2, 0) is 14.3 Å². The molecular formula is C19H11Cl5N2O5. The number of carbonyl (C=O) groups excluding carboxylic acids is 4. The lowest BCUT2D eigenvalue weighted by Gasteiger charge is -2.20. The quantitative estimate of drug-likeness (QED) is 0.254. The molecule has 2 aromatic rings. The van der Waals surface area contributed by atoms with Gasteiger partial charge in [0.2, 0.25) is 0 Å². The Kier molecular flexibility index (Phi) is 7.03. The largest absolute Gasteiger partial charge is 0.454 e. The number of nitrogens with zero attached hydrogens (tertiary/aromatic N) is 1. The van der Waals surface area contributed by atoms with E-state index in [2.05, 4.69) is 5.32 Å². The second-order valence-corrected chi connectivity index (χ2v) is 8.22. The van der Waals surface area contributed by atoms with Crippen LogP contribution in [0.1, 0.15) is 27.6 Å². The molecule has 1 N–H and O–H groups in total. The number of hydrogen-bond donors (Lipinski definition) is 1. The summed E-state index contributed by atoms with van der Waals surface area (Å²) in [7, 11) is 0. The Hall–Kier alpha value is -2.03. The van der Waals surface area contributed by atoms with Crippen molar-refractivity contribution < 1.29 is 23.9 Å². The number of amides is 3. The monoisotopic (exact) mass is 522 g/mol. The van der Waals surface area contributed by atoms with E-state index in [0.29, 0.717) is 15.6 Å². The number of halogens is 5. The van der Waals surface area contributed by atoms with Gasteiger partial charge in [0.05, 0.1) is 41.9 Å². The van der Waals surface area contributed by atoms with Gasteiger partial charge in [-0.3, -0.25) is 19.3 Å². The van der Waals surface area contributed by atoms with Crippen LogP contribution in [0, 0.1) is 0 Å². The Morgan fingerprint density at radius 1 is 0.935 bits per heavy atom. The summed E-state index contributed by atoms with van der Waals surface area (Å²) in [6.45, 7) is 0.581. The van der Waals surface area contributed by atoms with E-state index in [1.165, 1.54) is 6.92 Å². The lowest BCUT2D eigenvalue weighted by Crippen LogP contribution is -2.44. The average Bonchev–Trinajstić information content (AvgIpc) is 3.00. The first-order chi connectivity index (χ1) is 14.6. The molecule has 1 heterocycles. The molecule has 0 aromatic heterocycles. The second-order valence-electron chi connectivity index (χ2n) is 6.30. The molecule has 31 heavy (non-hydrogen) atoms. The van der Waals surface area contributed by atoms with Gasteiger partial charge < -0.3 is 10.1 Å². The van der Waals surface area contributed by atoms with Crippen LogP contribution < -0.4 is 5.32 Å². The molecule has 0 saturated carbocycles. The van der Waals surface area contributed by atoms with Gasteiger partial charge in [0.25, 0.3) is 17.7 Å². The summed E-state index contributed by atoms with van der Waals surface area (Å²) in [5, 5.41) is 1.87. The van der Waals surface area contributed by atoms with Crippen LogP contribution in [-0.4, -0.2) is 41.2 Å². The highest BCUT2D eigenvalue weighted by molar-refractivity contribution is 6.55. The molecule has 1 aliphatic rings. The fraction of sp³-hybridized carbons (Fsp3) is 0.158. The lowest BCUT2D eigenvalue weighted by molar-refractivity contribution is -0.150. The van der Waals surface area contributed by atoms with Gasteiger partial charge in [-0.25, -0.2) is 4.79 Å². The van der Waals surface area contributed by atoms with E-state index < -0.39 is 36.3 Å². The van der Waals surface area contributed by atoms with Crippen LogP contribution in [0.15, 0.2) is 24.3 Å². The first kappa shape index (κ1) is 23.6. The molecule has 0 spiro atoms. The molecule has 12 heteroatoms. The maximum atomic E-state index is 12.8. The molecule has 2 aromatic carbocycles. The minimum atomic E-state index is -1.38. The molecule has 0 radical (unpaired) electrons. The Labute approximate surface area is 201 Å². The minimum Gasteiger partial charge on any atom is -0.454 e. The summed E-state index contributed by atoms with van der Waals surface area (Å²) in [6, 6.07) is 5.09. The smallest absolute Gasteiger partial charge is 0.329 e. The number of esters is 1. The number of nitrogens with one attached hydrogen (secondary N) is 1. The number of hydrogen-bond acceptors (Lipinski definition) is 5. The highest BCUT2D eigenvalue weighted by Gasteiger charge is 2.45. The van der Waals surface area contributed by atoms with Crippen molar-refractivity contribution in [2.45, 2.75) is 13.0 Å². The zero-order valence-corrected chi connectivity index (χ0v) is 19.3. The topological polar surface area (TPSA) is 92.8 Å². The van der Waals surface area contributed by atoms with Gasteiger partial charge in [0.1, 0.15) is 6.04 Å². The standard InChI is InChI=1S/C19H11Cl5N2O5/c1-7(19(30)31-6-10(27)25-9-5-3-2-4-8(9)20)26-17(28)11-12(18(26)29)14(22)16(24)15(23)13(11)21/h2-5,7H,6H2,1H3,(H,25,27)/t7-/m1/s1. The predicted molar refractivity (Wildman–Crippen MR) is 117 cm³/mol. The third-order valence-electron chi connectivity index (χ3n) is 4.35. The van der Waals surface area contributed by atoms with Crippen molar-refractivity contribution in [2.24, 2.45) is 0 Å². The number of rotatable bonds is 5. The summed E-state index contributed by atoms with van der Waals surface area (Å²) in [5.74, 6) is -3.46. The summed E-state index contributed by atoms with van der Waals surface area (Å²) in [6.07, 6.45) is 0. The van der Waals surface area contributed by atoms with Gasteiger partial charge in [-0.05, 0) is 19.1 Å². The predicted octanol–water partition coefficient (Wildman–Crippen LogP) is 5.12. The number of carbonyl (C=O) groups is 4. The average molecular weight is 525 g/mol. The van der Waals surface area contributed by atoms with Crippen LogP contribution in [0.25, 0.3) is 0 Å². The molecule has 3 amide bonds. The molecule has 7 nitrogen and oxygen atoms in total. The summed E-state index contributed by atoms with van der Waals surface area (Å²) in [5.41, 5.74) is -0.194. The van der Waals surface area contributed by atoms with Gasteiger partial charge in [-0.2, -0.15) is 0 Å². The summed E-state index contributed by atoms with van der Waals surface area (Å²) >= 11 is 30.0. The van der Waals surface area contributed by atoms with Gasteiger partial charge in [-0.1, -0.05) is 70.1 Å². The van der Waals surface area contributed by atoms with Crippen molar-refractivity contribution in [3.8, 4) is 0 Å². The number of imide groups is 1. The SMILES string of the molecule is C[C@H](C(=O)OCC(=O)Nc1ccccc1Cl)N1C(=O)c2c(Cl)c(Cl)c(Cl)c(Cl)c2C1=O. The Morgan fingerprint density at radius 3 is 1.97 bits per heavy atom. The molecule has 0 aliphatic carbocycles. The van der Waals surface area contributed by atoms with Crippen LogP contribution in [0.3, 0.4) is 0 Å². The highest BCUT2D eigenvalue weighted by atomic mass is 35.5. The number of ether oxygens (including phenoxy) is 1. The van der Waals surface area contributed by atoms with Crippen molar-refractivity contribution >= 4 is 87.4 Å². The van der Waals surface area contributed by atoms with Crippen molar-refractivity contribution in [3.05, 3.63) is 60.5 Å².